The summed E-state index contributed by atoms with van der Waals surface area (Å²) in [5.41, 5.74) is 2.10. The van der Waals surface area contributed by atoms with Gasteiger partial charge in [-0.1, -0.05) is 23.7 Å². The standard InChI is InChI=1S/C20H17ClN4O3S/c1-28-16-8-9-19-18(12-16)20(23-14-5-2-4-13(21)10-14)24-25(19)15-6-3-7-17(11-15)29(22,26)27/h2-12H,1H3,(H,23,24)(H2,22,26,27). The van der Waals surface area contributed by atoms with Gasteiger partial charge < -0.3 is 10.1 Å². The number of sulfonamides is 1. The second kappa shape index (κ2) is 7.40. The topological polar surface area (TPSA) is 99.2 Å². The summed E-state index contributed by atoms with van der Waals surface area (Å²) in [7, 11) is -2.25. The van der Waals surface area contributed by atoms with Crippen LogP contribution in [-0.2, 0) is 10.0 Å². The van der Waals surface area contributed by atoms with Gasteiger partial charge in [0.15, 0.2) is 5.82 Å². The van der Waals surface area contributed by atoms with Crippen LogP contribution in [0.4, 0.5) is 11.5 Å². The molecule has 0 bridgehead atoms. The van der Waals surface area contributed by atoms with E-state index in [2.05, 4.69) is 10.4 Å². The van der Waals surface area contributed by atoms with Crippen LogP contribution in [0.5, 0.6) is 5.75 Å². The number of hydrogen-bond acceptors (Lipinski definition) is 5. The van der Waals surface area contributed by atoms with Gasteiger partial charge in [-0.3, -0.25) is 0 Å². The summed E-state index contributed by atoms with van der Waals surface area (Å²) in [4.78, 5) is 0.0107. The van der Waals surface area contributed by atoms with Crippen molar-refractivity contribution in [3.05, 3.63) is 71.8 Å². The first kappa shape index (κ1) is 19.3. The number of halogens is 1. The van der Waals surface area contributed by atoms with E-state index in [-0.39, 0.29) is 4.90 Å². The number of rotatable bonds is 5. The van der Waals surface area contributed by atoms with Crippen LogP contribution in [0.25, 0.3) is 16.6 Å². The molecule has 7 nitrogen and oxygen atoms in total. The minimum Gasteiger partial charge on any atom is -0.497 e. The van der Waals surface area contributed by atoms with Crippen LogP contribution in [0.1, 0.15) is 0 Å². The first-order chi connectivity index (χ1) is 13.8. The van der Waals surface area contributed by atoms with E-state index in [4.69, 9.17) is 21.5 Å². The fourth-order valence-electron chi connectivity index (χ4n) is 3.01. The molecule has 1 aromatic heterocycles. The summed E-state index contributed by atoms with van der Waals surface area (Å²) in [6.45, 7) is 0. The zero-order valence-electron chi connectivity index (χ0n) is 15.3. The molecule has 4 aromatic rings. The van der Waals surface area contributed by atoms with Crippen molar-refractivity contribution in [1.82, 2.24) is 9.78 Å². The fourth-order valence-corrected chi connectivity index (χ4v) is 3.75. The second-order valence-corrected chi connectivity index (χ2v) is 8.32. The van der Waals surface area contributed by atoms with Crippen molar-refractivity contribution in [3.63, 3.8) is 0 Å². The molecular weight excluding hydrogens is 412 g/mol. The Bertz CT molecular complexity index is 1320. The fraction of sp³-hybridized carbons (Fsp3) is 0.0500. The van der Waals surface area contributed by atoms with Gasteiger partial charge in [-0.15, -0.1) is 5.10 Å². The van der Waals surface area contributed by atoms with Crippen molar-refractivity contribution < 1.29 is 13.2 Å². The minimum atomic E-state index is -3.84. The van der Waals surface area contributed by atoms with Gasteiger partial charge in [0.05, 0.1) is 23.2 Å². The Kier molecular flexibility index (Phi) is 4.91. The molecule has 4 rings (SSSR count). The van der Waals surface area contributed by atoms with Crippen LogP contribution in [0, 0.1) is 0 Å². The molecule has 148 valence electrons. The molecule has 0 radical (unpaired) electrons. The van der Waals surface area contributed by atoms with Crippen LogP contribution < -0.4 is 15.2 Å². The predicted octanol–water partition coefficient (Wildman–Crippen LogP) is 4.08. The maximum absolute atomic E-state index is 11.7. The number of primary sulfonamides is 1. The number of ether oxygens (including phenoxy) is 1. The number of methoxy groups -OCH3 is 1. The molecule has 29 heavy (non-hydrogen) atoms. The van der Waals surface area contributed by atoms with E-state index in [9.17, 15) is 8.42 Å². The Morgan fingerprint density at radius 1 is 1.07 bits per heavy atom. The van der Waals surface area contributed by atoms with Gasteiger partial charge >= 0.3 is 0 Å². The normalized spacial score (nSPS) is 11.6. The lowest BCUT2D eigenvalue weighted by molar-refractivity contribution is 0.415. The zero-order chi connectivity index (χ0) is 20.6. The molecule has 9 heteroatoms. The Balaban J connectivity index is 1.89. The molecule has 0 fully saturated rings. The van der Waals surface area contributed by atoms with E-state index in [1.165, 1.54) is 12.1 Å². The monoisotopic (exact) mass is 428 g/mol. The van der Waals surface area contributed by atoms with Gasteiger partial charge in [0.1, 0.15) is 5.75 Å². The Morgan fingerprint density at radius 2 is 1.86 bits per heavy atom. The number of hydrogen-bond donors (Lipinski definition) is 2. The van der Waals surface area contributed by atoms with E-state index >= 15 is 0 Å². The summed E-state index contributed by atoms with van der Waals surface area (Å²) in [5.74, 6) is 1.24. The molecule has 3 N–H and O–H groups in total. The van der Waals surface area contributed by atoms with Crippen LogP contribution in [0.3, 0.4) is 0 Å². The first-order valence-electron chi connectivity index (χ1n) is 8.58. The van der Waals surface area contributed by atoms with Crippen LogP contribution in [0.15, 0.2) is 71.6 Å². The smallest absolute Gasteiger partial charge is 0.238 e. The Hall–Kier alpha value is -3.07. The number of nitrogens with one attached hydrogen (secondary N) is 1. The van der Waals surface area contributed by atoms with E-state index in [1.54, 1.807) is 36.1 Å². The highest BCUT2D eigenvalue weighted by Crippen LogP contribution is 2.32. The predicted molar refractivity (Wildman–Crippen MR) is 114 cm³/mol. The lowest BCUT2D eigenvalue weighted by Crippen LogP contribution is -2.12. The molecule has 3 aromatic carbocycles. The molecule has 0 aliphatic heterocycles. The molecule has 0 saturated heterocycles. The number of anilines is 2. The van der Waals surface area contributed by atoms with Gasteiger partial charge in [0, 0.05) is 16.1 Å². The van der Waals surface area contributed by atoms with Crippen LogP contribution >= 0.6 is 11.6 Å². The van der Waals surface area contributed by atoms with Crippen molar-refractivity contribution in [2.75, 3.05) is 12.4 Å². The first-order valence-corrected chi connectivity index (χ1v) is 10.5. The van der Waals surface area contributed by atoms with Crippen LogP contribution in [0.2, 0.25) is 5.02 Å². The summed E-state index contributed by atoms with van der Waals surface area (Å²) in [5, 5.41) is 14.6. The molecule has 0 saturated carbocycles. The average Bonchev–Trinajstić information content (AvgIpc) is 3.05. The second-order valence-electron chi connectivity index (χ2n) is 6.32. The largest absolute Gasteiger partial charge is 0.497 e. The van der Waals surface area contributed by atoms with Crippen molar-refractivity contribution >= 4 is 44.0 Å². The molecule has 0 unspecified atom stereocenters. The van der Waals surface area contributed by atoms with Gasteiger partial charge in [-0.05, 0) is 54.6 Å². The van der Waals surface area contributed by atoms with Crippen molar-refractivity contribution in [1.29, 1.82) is 0 Å². The molecule has 0 amide bonds. The number of fused-ring (bicyclic) bond motifs is 1. The number of benzene rings is 3. The van der Waals surface area contributed by atoms with Crippen LogP contribution in [-0.4, -0.2) is 25.3 Å². The highest BCUT2D eigenvalue weighted by Gasteiger charge is 2.15. The lowest BCUT2D eigenvalue weighted by atomic mass is 10.2. The Morgan fingerprint density at radius 3 is 2.59 bits per heavy atom. The van der Waals surface area contributed by atoms with Gasteiger partial charge in [-0.2, -0.15) is 0 Å². The average molecular weight is 429 g/mol. The number of nitrogens with zero attached hydrogens (tertiary/aromatic N) is 2. The van der Waals surface area contributed by atoms with Gasteiger partial charge in [0.2, 0.25) is 10.0 Å². The van der Waals surface area contributed by atoms with E-state index in [0.29, 0.717) is 22.3 Å². The SMILES string of the molecule is COc1ccc2c(c1)c(Nc1cccc(Cl)c1)nn2-c1cccc(S(N)(=O)=O)c1. The molecule has 1 heterocycles. The van der Waals surface area contributed by atoms with Crippen molar-refractivity contribution in [2.45, 2.75) is 4.90 Å². The molecule has 0 aliphatic carbocycles. The maximum atomic E-state index is 11.7. The summed E-state index contributed by atoms with van der Waals surface area (Å²) in [6.07, 6.45) is 0. The quantitative estimate of drug-likeness (QED) is 0.499. The third-order valence-corrected chi connectivity index (χ3v) is 5.51. The molecular formula is C20H17ClN4O3S. The number of nitrogens with two attached hydrogens (primary N) is 1. The van der Waals surface area contributed by atoms with E-state index in [1.807, 2.05) is 30.3 Å². The van der Waals surface area contributed by atoms with Crippen molar-refractivity contribution in [2.24, 2.45) is 5.14 Å². The maximum Gasteiger partial charge on any atom is 0.238 e. The third kappa shape index (κ3) is 3.91. The minimum absolute atomic E-state index is 0.0107. The van der Waals surface area contributed by atoms with E-state index < -0.39 is 10.0 Å². The molecule has 0 spiro atoms. The molecule has 0 atom stereocenters. The van der Waals surface area contributed by atoms with Gasteiger partial charge in [-0.25, -0.2) is 18.2 Å². The summed E-state index contributed by atoms with van der Waals surface area (Å²) >= 11 is 6.08. The third-order valence-electron chi connectivity index (χ3n) is 4.37. The molecule has 0 aliphatic rings. The highest BCUT2D eigenvalue weighted by molar-refractivity contribution is 7.89. The lowest BCUT2D eigenvalue weighted by Gasteiger charge is -2.06. The zero-order valence-corrected chi connectivity index (χ0v) is 16.9. The Labute approximate surface area is 172 Å². The number of aromatic nitrogens is 2. The summed E-state index contributed by atoms with van der Waals surface area (Å²) in [6, 6.07) is 19.1. The van der Waals surface area contributed by atoms with Gasteiger partial charge in [0.25, 0.3) is 0 Å². The highest BCUT2D eigenvalue weighted by atomic mass is 35.5. The van der Waals surface area contributed by atoms with Crippen molar-refractivity contribution in [3.8, 4) is 11.4 Å². The van der Waals surface area contributed by atoms with E-state index in [0.717, 1.165) is 16.6 Å². The summed E-state index contributed by atoms with van der Waals surface area (Å²) < 4.78 is 30.5.